The van der Waals surface area contributed by atoms with E-state index in [-0.39, 0.29) is 22.3 Å². The van der Waals surface area contributed by atoms with Crippen molar-refractivity contribution >= 4 is 21.6 Å². The van der Waals surface area contributed by atoms with E-state index in [1.54, 1.807) is 0 Å². The minimum absolute atomic E-state index is 0.00433. The second kappa shape index (κ2) is 6.53. The molecular weight excluding hydrogens is 316 g/mol. The molecule has 1 aromatic rings. The molecule has 1 fully saturated rings. The van der Waals surface area contributed by atoms with Gasteiger partial charge in [-0.1, -0.05) is 0 Å². The van der Waals surface area contributed by atoms with Crippen molar-refractivity contribution in [2.45, 2.75) is 24.3 Å². The zero-order valence-electron chi connectivity index (χ0n) is 12.0. The molecule has 0 radical (unpaired) electrons. The molecule has 0 aliphatic carbocycles. The lowest BCUT2D eigenvalue weighted by molar-refractivity contribution is -0.00803. The molecule has 21 heavy (non-hydrogen) atoms. The van der Waals surface area contributed by atoms with Crippen LogP contribution in [0, 0.1) is 0 Å². The van der Waals surface area contributed by atoms with Gasteiger partial charge >= 0.3 is 0 Å². The Morgan fingerprint density at radius 3 is 2.48 bits per heavy atom. The van der Waals surface area contributed by atoms with Gasteiger partial charge in [0.05, 0.1) is 25.6 Å². The molecule has 0 unspecified atom stereocenters. The Hall–Kier alpha value is -0.800. The van der Waals surface area contributed by atoms with Crippen LogP contribution in [0.25, 0.3) is 0 Å². The summed E-state index contributed by atoms with van der Waals surface area (Å²) in [4.78, 5) is 9.59. The van der Waals surface area contributed by atoms with Crippen molar-refractivity contribution in [1.29, 1.82) is 0 Å². The van der Waals surface area contributed by atoms with Crippen LogP contribution in [-0.4, -0.2) is 61.7 Å². The van der Waals surface area contributed by atoms with Crippen molar-refractivity contribution in [3.05, 3.63) is 17.7 Å². The molecule has 0 bridgehead atoms. The monoisotopic (exact) mass is 334 g/mol. The van der Waals surface area contributed by atoms with Crippen molar-refractivity contribution in [1.82, 2.24) is 19.6 Å². The lowest BCUT2D eigenvalue weighted by atomic mass is 10.0. The van der Waals surface area contributed by atoms with Crippen molar-refractivity contribution in [2.24, 2.45) is 0 Å². The maximum absolute atomic E-state index is 12.2. The Balaban J connectivity index is 2.01. The number of sulfonamides is 1. The predicted molar refractivity (Wildman–Crippen MR) is 78.7 cm³/mol. The Kier molecular flexibility index (Phi) is 5.15. The largest absolute Gasteiger partial charge is 0.379 e. The van der Waals surface area contributed by atoms with Crippen LogP contribution in [0.2, 0.25) is 5.28 Å². The van der Waals surface area contributed by atoms with E-state index >= 15 is 0 Å². The molecule has 0 amide bonds. The highest BCUT2D eigenvalue weighted by Crippen LogP contribution is 2.16. The molecule has 7 nitrogen and oxygen atoms in total. The summed E-state index contributed by atoms with van der Waals surface area (Å²) in [6, 6.07) is 0. The summed E-state index contributed by atoms with van der Waals surface area (Å²) in [5, 5.41) is 0.0163. The van der Waals surface area contributed by atoms with Gasteiger partial charge in [-0.05, 0) is 25.4 Å². The fourth-order valence-electron chi connectivity index (χ4n) is 2.07. The molecule has 118 valence electrons. The topological polar surface area (TPSA) is 84.4 Å². The first-order valence-corrected chi connectivity index (χ1v) is 8.47. The van der Waals surface area contributed by atoms with Gasteiger partial charge < -0.3 is 4.74 Å². The van der Waals surface area contributed by atoms with Crippen LogP contribution in [0.3, 0.4) is 0 Å². The summed E-state index contributed by atoms with van der Waals surface area (Å²) < 4.78 is 32.3. The van der Waals surface area contributed by atoms with Crippen LogP contribution < -0.4 is 4.72 Å². The van der Waals surface area contributed by atoms with E-state index in [2.05, 4.69) is 19.6 Å². The molecule has 1 N–H and O–H groups in total. The minimum atomic E-state index is -3.64. The van der Waals surface area contributed by atoms with Crippen LogP contribution in [0.5, 0.6) is 0 Å². The van der Waals surface area contributed by atoms with Crippen molar-refractivity contribution in [2.75, 3.05) is 32.8 Å². The van der Waals surface area contributed by atoms with Gasteiger partial charge in [0.15, 0.2) is 0 Å². The average Bonchev–Trinajstić information content (AvgIpc) is 2.47. The van der Waals surface area contributed by atoms with Crippen LogP contribution >= 0.6 is 11.6 Å². The number of halogens is 1. The van der Waals surface area contributed by atoms with E-state index in [1.807, 2.05) is 13.8 Å². The quantitative estimate of drug-likeness (QED) is 0.790. The molecule has 0 spiro atoms. The van der Waals surface area contributed by atoms with Gasteiger partial charge in [0.25, 0.3) is 0 Å². The maximum Gasteiger partial charge on any atom is 0.243 e. The van der Waals surface area contributed by atoms with Gasteiger partial charge in [-0.2, -0.15) is 0 Å². The number of hydrogen-bond acceptors (Lipinski definition) is 6. The molecule has 2 rings (SSSR count). The Morgan fingerprint density at radius 1 is 1.33 bits per heavy atom. The van der Waals surface area contributed by atoms with Gasteiger partial charge in [-0.25, -0.2) is 23.1 Å². The van der Waals surface area contributed by atoms with Crippen LogP contribution in [-0.2, 0) is 14.8 Å². The second-order valence-electron chi connectivity index (χ2n) is 5.42. The van der Waals surface area contributed by atoms with E-state index in [0.29, 0.717) is 13.2 Å². The van der Waals surface area contributed by atoms with Crippen molar-refractivity contribution in [3.63, 3.8) is 0 Å². The normalized spacial score (nSPS) is 17.9. The fraction of sp³-hybridized carbons (Fsp3) is 0.667. The zero-order chi connectivity index (χ0) is 15.5. The highest BCUT2D eigenvalue weighted by Gasteiger charge is 2.30. The van der Waals surface area contributed by atoms with E-state index in [9.17, 15) is 8.42 Å². The summed E-state index contributed by atoms with van der Waals surface area (Å²) in [5.41, 5.74) is -0.301. The number of morpholine rings is 1. The lowest BCUT2D eigenvalue weighted by Gasteiger charge is -2.40. The summed E-state index contributed by atoms with van der Waals surface area (Å²) in [7, 11) is -3.64. The van der Waals surface area contributed by atoms with E-state index < -0.39 is 10.0 Å². The number of hydrogen-bond donors (Lipinski definition) is 1. The molecule has 0 aromatic carbocycles. The smallest absolute Gasteiger partial charge is 0.243 e. The SMILES string of the molecule is CC(C)(CNS(=O)(=O)c1cnc(Cl)nc1)N1CCOCC1. The highest BCUT2D eigenvalue weighted by atomic mass is 35.5. The standard InChI is InChI=1S/C12H19ClN4O3S/c1-12(2,17-3-5-20-6-4-17)9-16-21(18,19)10-7-14-11(13)15-8-10/h7-8,16H,3-6,9H2,1-2H3. The van der Waals surface area contributed by atoms with Crippen molar-refractivity contribution in [3.8, 4) is 0 Å². The summed E-state index contributed by atoms with van der Waals surface area (Å²) in [6.07, 6.45) is 2.39. The van der Waals surface area contributed by atoms with Crippen molar-refractivity contribution < 1.29 is 13.2 Å². The lowest BCUT2D eigenvalue weighted by Crippen LogP contribution is -2.55. The van der Waals surface area contributed by atoms with Gasteiger partial charge in [-0.3, -0.25) is 4.90 Å². The molecular formula is C12H19ClN4O3S. The number of rotatable bonds is 5. The molecule has 0 atom stereocenters. The van der Waals surface area contributed by atoms with Crippen LogP contribution in [0.4, 0.5) is 0 Å². The first-order valence-electron chi connectivity index (χ1n) is 6.61. The average molecular weight is 335 g/mol. The molecule has 9 heteroatoms. The summed E-state index contributed by atoms with van der Waals surface area (Å²) in [6.45, 7) is 7.20. The summed E-state index contributed by atoms with van der Waals surface area (Å²) >= 11 is 5.56. The first kappa shape index (κ1) is 16.6. The first-order chi connectivity index (χ1) is 9.81. The number of nitrogens with zero attached hydrogens (tertiary/aromatic N) is 3. The number of ether oxygens (including phenoxy) is 1. The van der Waals surface area contributed by atoms with Crippen LogP contribution in [0.15, 0.2) is 17.3 Å². The Morgan fingerprint density at radius 2 is 1.90 bits per heavy atom. The van der Waals surface area contributed by atoms with Crippen LogP contribution in [0.1, 0.15) is 13.8 Å². The third-order valence-electron chi connectivity index (χ3n) is 3.47. The molecule has 1 aliphatic rings. The molecule has 1 saturated heterocycles. The zero-order valence-corrected chi connectivity index (χ0v) is 13.6. The highest BCUT2D eigenvalue weighted by molar-refractivity contribution is 7.89. The van der Waals surface area contributed by atoms with Gasteiger partial charge in [-0.15, -0.1) is 0 Å². The van der Waals surface area contributed by atoms with E-state index in [1.165, 1.54) is 12.4 Å². The fourth-order valence-corrected chi connectivity index (χ4v) is 3.27. The molecule has 1 aliphatic heterocycles. The Bertz CT molecular complexity index is 571. The van der Waals surface area contributed by atoms with Gasteiger partial charge in [0.2, 0.25) is 15.3 Å². The minimum Gasteiger partial charge on any atom is -0.379 e. The molecule has 2 heterocycles. The number of aromatic nitrogens is 2. The number of nitrogens with one attached hydrogen (secondary N) is 1. The Labute approximate surface area is 129 Å². The molecule has 0 saturated carbocycles. The summed E-state index contributed by atoms with van der Waals surface area (Å²) in [5.74, 6) is 0. The third kappa shape index (κ3) is 4.33. The predicted octanol–water partition coefficient (Wildman–Crippen LogP) is 0.519. The second-order valence-corrected chi connectivity index (χ2v) is 7.53. The van der Waals surface area contributed by atoms with Gasteiger partial charge in [0, 0.05) is 25.2 Å². The van der Waals surface area contributed by atoms with E-state index in [0.717, 1.165) is 13.1 Å². The molecule has 1 aromatic heterocycles. The van der Waals surface area contributed by atoms with Gasteiger partial charge in [0.1, 0.15) is 4.90 Å². The van der Waals surface area contributed by atoms with E-state index in [4.69, 9.17) is 16.3 Å². The third-order valence-corrected chi connectivity index (χ3v) is 5.02. The maximum atomic E-state index is 12.2.